The molecule has 0 aliphatic heterocycles. The highest BCUT2D eigenvalue weighted by molar-refractivity contribution is 5.75. The summed E-state index contributed by atoms with van der Waals surface area (Å²) in [5, 5.41) is 2.96. The summed E-state index contributed by atoms with van der Waals surface area (Å²) in [6.07, 6.45) is -3.00. The molecule has 0 saturated carbocycles. The molecule has 0 fully saturated rings. The van der Waals surface area contributed by atoms with Gasteiger partial charge in [0.15, 0.2) is 0 Å². The standard InChI is InChI=1S/C15H20F3NO2/c1-3-6-13(14(20)21-4-2)19-10-11-7-5-8-12(9-11)15(16,17)18/h5,7-9,13,19H,3-4,6,10H2,1-2H3. The summed E-state index contributed by atoms with van der Waals surface area (Å²) in [5.41, 5.74) is -0.208. The Morgan fingerprint density at radius 2 is 2.05 bits per heavy atom. The van der Waals surface area contributed by atoms with E-state index in [1.54, 1.807) is 13.0 Å². The average molecular weight is 303 g/mol. The highest BCUT2D eigenvalue weighted by atomic mass is 19.4. The van der Waals surface area contributed by atoms with Crippen molar-refractivity contribution in [2.24, 2.45) is 0 Å². The van der Waals surface area contributed by atoms with Gasteiger partial charge in [0.2, 0.25) is 0 Å². The van der Waals surface area contributed by atoms with Gasteiger partial charge < -0.3 is 10.1 Å². The molecular weight excluding hydrogens is 283 g/mol. The van der Waals surface area contributed by atoms with E-state index in [9.17, 15) is 18.0 Å². The summed E-state index contributed by atoms with van der Waals surface area (Å²) < 4.78 is 42.8. The number of ether oxygens (including phenoxy) is 1. The fourth-order valence-corrected chi connectivity index (χ4v) is 1.93. The second-order valence-electron chi connectivity index (χ2n) is 4.67. The normalized spacial score (nSPS) is 13.0. The summed E-state index contributed by atoms with van der Waals surface area (Å²) in [6.45, 7) is 4.11. The molecule has 0 radical (unpaired) electrons. The van der Waals surface area contributed by atoms with Gasteiger partial charge in [0, 0.05) is 6.54 Å². The van der Waals surface area contributed by atoms with Crippen molar-refractivity contribution in [2.45, 2.75) is 45.5 Å². The minimum atomic E-state index is -4.36. The minimum absolute atomic E-state index is 0.188. The summed E-state index contributed by atoms with van der Waals surface area (Å²) >= 11 is 0. The van der Waals surface area contributed by atoms with Gasteiger partial charge in [-0.05, 0) is 25.0 Å². The van der Waals surface area contributed by atoms with E-state index in [0.29, 0.717) is 12.0 Å². The van der Waals surface area contributed by atoms with E-state index in [2.05, 4.69) is 5.32 Å². The van der Waals surface area contributed by atoms with E-state index in [0.717, 1.165) is 18.6 Å². The van der Waals surface area contributed by atoms with Gasteiger partial charge in [-0.1, -0.05) is 31.5 Å². The van der Waals surface area contributed by atoms with Crippen molar-refractivity contribution < 1.29 is 22.7 Å². The largest absolute Gasteiger partial charge is 0.465 e. The minimum Gasteiger partial charge on any atom is -0.465 e. The lowest BCUT2D eigenvalue weighted by molar-refractivity contribution is -0.146. The lowest BCUT2D eigenvalue weighted by Crippen LogP contribution is -2.37. The van der Waals surface area contributed by atoms with Gasteiger partial charge in [-0.25, -0.2) is 0 Å². The quantitative estimate of drug-likeness (QED) is 0.783. The van der Waals surface area contributed by atoms with Crippen molar-refractivity contribution in [1.29, 1.82) is 0 Å². The molecule has 118 valence electrons. The molecule has 1 N–H and O–H groups in total. The van der Waals surface area contributed by atoms with E-state index in [-0.39, 0.29) is 19.1 Å². The Labute approximate surface area is 122 Å². The second kappa shape index (κ2) is 8.02. The molecule has 1 unspecified atom stereocenters. The lowest BCUT2D eigenvalue weighted by Gasteiger charge is -2.17. The number of nitrogens with one attached hydrogen (secondary N) is 1. The molecule has 0 saturated heterocycles. The van der Waals surface area contributed by atoms with Gasteiger partial charge in [0.05, 0.1) is 12.2 Å². The Hall–Kier alpha value is -1.56. The predicted molar refractivity (Wildman–Crippen MR) is 73.6 cm³/mol. The van der Waals surface area contributed by atoms with Crippen molar-refractivity contribution in [3.63, 3.8) is 0 Å². The van der Waals surface area contributed by atoms with Gasteiger partial charge in [-0.15, -0.1) is 0 Å². The topological polar surface area (TPSA) is 38.3 Å². The van der Waals surface area contributed by atoms with Crippen LogP contribution in [-0.2, 0) is 22.3 Å². The highest BCUT2D eigenvalue weighted by Gasteiger charge is 2.30. The van der Waals surface area contributed by atoms with Crippen LogP contribution < -0.4 is 5.32 Å². The Kier molecular flexibility index (Phi) is 6.68. The first-order valence-electron chi connectivity index (χ1n) is 6.94. The van der Waals surface area contributed by atoms with Crippen LogP contribution in [-0.4, -0.2) is 18.6 Å². The molecule has 0 spiro atoms. The first kappa shape index (κ1) is 17.5. The smallest absolute Gasteiger partial charge is 0.416 e. The first-order valence-corrected chi connectivity index (χ1v) is 6.94. The molecule has 3 nitrogen and oxygen atoms in total. The second-order valence-corrected chi connectivity index (χ2v) is 4.67. The first-order chi connectivity index (χ1) is 9.88. The Balaban J connectivity index is 2.69. The number of alkyl halides is 3. The maximum absolute atomic E-state index is 12.6. The summed E-state index contributed by atoms with van der Waals surface area (Å²) in [7, 11) is 0. The van der Waals surface area contributed by atoms with E-state index in [1.807, 2.05) is 6.92 Å². The molecule has 1 aromatic carbocycles. The van der Waals surface area contributed by atoms with Crippen LogP contribution in [0.15, 0.2) is 24.3 Å². The molecule has 0 bridgehead atoms. The molecule has 0 aliphatic rings. The molecular formula is C15H20F3NO2. The van der Waals surface area contributed by atoms with Gasteiger partial charge in [0.25, 0.3) is 0 Å². The zero-order chi connectivity index (χ0) is 15.9. The monoisotopic (exact) mass is 303 g/mol. The fourth-order valence-electron chi connectivity index (χ4n) is 1.93. The number of rotatable bonds is 7. The van der Waals surface area contributed by atoms with E-state index >= 15 is 0 Å². The van der Waals surface area contributed by atoms with Crippen molar-refractivity contribution in [3.8, 4) is 0 Å². The van der Waals surface area contributed by atoms with Crippen molar-refractivity contribution in [2.75, 3.05) is 6.61 Å². The van der Waals surface area contributed by atoms with Crippen molar-refractivity contribution >= 4 is 5.97 Å². The zero-order valence-electron chi connectivity index (χ0n) is 12.2. The molecule has 0 aromatic heterocycles. The van der Waals surface area contributed by atoms with Gasteiger partial charge >= 0.3 is 12.1 Å². The fraction of sp³-hybridized carbons (Fsp3) is 0.533. The van der Waals surface area contributed by atoms with E-state index < -0.39 is 17.8 Å². The summed E-state index contributed by atoms with van der Waals surface area (Å²) in [4.78, 5) is 11.7. The molecule has 0 heterocycles. The predicted octanol–water partition coefficient (Wildman–Crippen LogP) is 3.53. The zero-order valence-corrected chi connectivity index (χ0v) is 12.2. The van der Waals surface area contributed by atoms with Gasteiger partial charge in [-0.2, -0.15) is 13.2 Å². The third kappa shape index (κ3) is 5.75. The molecule has 6 heteroatoms. The Bertz CT molecular complexity index is 460. The van der Waals surface area contributed by atoms with Crippen LogP contribution in [0.2, 0.25) is 0 Å². The molecule has 0 amide bonds. The maximum atomic E-state index is 12.6. The summed E-state index contributed by atoms with van der Waals surface area (Å²) in [6, 6.07) is 4.57. The number of benzene rings is 1. The number of hydrogen-bond acceptors (Lipinski definition) is 3. The number of esters is 1. The molecule has 1 atom stereocenters. The third-order valence-corrected chi connectivity index (χ3v) is 2.96. The summed E-state index contributed by atoms with van der Waals surface area (Å²) in [5.74, 6) is -0.369. The van der Waals surface area contributed by atoms with Gasteiger partial charge in [0.1, 0.15) is 6.04 Å². The molecule has 1 rings (SSSR count). The number of carbonyl (C=O) groups excluding carboxylic acids is 1. The maximum Gasteiger partial charge on any atom is 0.416 e. The Morgan fingerprint density at radius 3 is 2.62 bits per heavy atom. The van der Waals surface area contributed by atoms with Crippen LogP contribution in [0.1, 0.15) is 37.8 Å². The van der Waals surface area contributed by atoms with Crippen LogP contribution in [0.25, 0.3) is 0 Å². The van der Waals surface area contributed by atoms with Crippen molar-refractivity contribution in [3.05, 3.63) is 35.4 Å². The number of halogens is 3. The Morgan fingerprint density at radius 1 is 1.33 bits per heavy atom. The van der Waals surface area contributed by atoms with E-state index in [1.165, 1.54) is 6.07 Å². The van der Waals surface area contributed by atoms with Crippen LogP contribution in [0.3, 0.4) is 0 Å². The van der Waals surface area contributed by atoms with Crippen molar-refractivity contribution in [1.82, 2.24) is 5.32 Å². The molecule has 1 aromatic rings. The average Bonchev–Trinajstić information content (AvgIpc) is 2.43. The van der Waals surface area contributed by atoms with Crippen LogP contribution >= 0.6 is 0 Å². The number of hydrogen-bond donors (Lipinski definition) is 1. The SMILES string of the molecule is CCCC(NCc1cccc(C(F)(F)F)c1)C(=O)OCC. The van der Waals surface area contributed by atoms with Crippen LogP contribution in [0, 0.1) is 0 Å². The highest BCUT2D eigenvalue weighted by Crippen LogP contribution is 2.29. The van der Waals surface area contributed by atoms with Gasteiger partial charge in [-0.3, -0.25) is 4.79 Å². The van der Waals surface area contributed by atoms with Crippen LogP contribution in [0.4, 0.5) is 13.2 Å². The van der Waals surface area contributed by atoms with Crippen LogP contribution in [0.5, 0.6) is 0 Å². The lowest BCUT2D eigenvalue weighted by atomic mass is 10.1. The number of carbonyl (C=O) groups is 1. The van der Waals surface area contributed by atoms with E-state index in [4.69, 9.17) is 4.74 Å². The molecule has 0 aliphatic carbocycles. The molecule has 21 heavy (non-hydrogen) atoms. The third-order valence-electron chi connectivity index (χ3n) is 2.96.